The van der Waals surface area contributed by atoms with Crippen LogP contribution in [0.25, 0.3) is 0 Å². The lowest BCUT2D eigenvalue weighted by Crippen LogP contribution is -2.34. The van der Waals surface area contributed by atoms with Gasteiger partial charge in [0, 0.05) is 31.3 Å². The number of benzene rings is 1. The van der Waals surface area contributed by atoms with E-state index in [4.69, 9.17) is 4.74 Å². The minimum atomic E-state index is -0.838. The highest BCUT2D eigenvalue weighted by atomic mass is 19.1. The van der Waals surface area contributed by atoms with E-state index in [1.54, 1.807) is 6.07 Å². The molecule has 1 unspecified atom stereocenters. The predicted molar refractivity (Wildman–Crippen MR) is 90.3 cm³/mol. The highest BCUT2D eigenvalue weighted by molar-refractivity contribution is 5.66. The van der Waals surface area contributed by atoms with Gasteiger partial charge in [-0.1, -0.05) is 0 Å². The van der Waals surface area contributed by atoms with Crippen LogP contribution in [0.15, 0.2) is 12.1 Å². The Labute approximate surface area is 141 Å². The molecule has 2 heterocycles. The summed E-state index contributed by atoms with van der Waals surface area (Å²) in [5.74, 6) is -0.525. The average molecular weight is 337 g/mol. The molecular formula is C17H24FN3O3. The summed E-state index contributed by atoms with van der Waals surface area (Å²) >= 11 is 0. The molecule has 2 aliphatic rings. The molecule has 132 valence electrons. The summed E-state index contributed by atoms with van der Waals surface area (Å²) in [6.45, 7) is 3.71. The van der Waals surface area contributed by atoms with Gasteiger partial charge in [-0.2, -0.15) is 4.39 Å². The fraction of sp³-hybridized carbons (Fsp3) is 0.647. The normalized spacial score (nSPS) is 22.4. The largest absolute Gasteiger partial charge is 0.497 e. The van der Waals surface area contributed by atoms with E-state index in [1.807, 2.05) is 4.90 Å². The molecule has 0 aromatic heterocycles. The summed E-state index contributed by atoms with van der Waals surface area (Å²) < 4.78 is 19.3. The first-order valence-corrected chi connectivity index (χ1v) is 8.61. The van der Waals surface area contributed by atoms with Gasteiger partial charge in [-0.3, -0.25) is 10.1 Å². The maximum absolute atomic E-state index is 14.2. The molecule has 0 saturated carbocycles. The number of ether oxygens (including phenoxy) is 1. The Balaban J connectivity index is 1.82. The van der Waals surface area contributed by atoms with Crippen molar-refractivity contribution in [3.63, 3.8) is 0 Å². The lowest BCUT2D eigenvalue weighted by molar-refractivity contribution is -0.386. The van der Waals surface area contributed by atoms with E-state index in [0.717, 1.165) is 38.4 Å². The predicted octanol–water partition coefficient (Wildman–Crippen LogP) is 3.20. The van der Waals surface area contributed by atoms with Crippen molar-refractivity contribution in [2.45, 2.75) is 38.1 Å². The topological polar surface area (TPSA) is 58.9 Å². The van der Waals surface area contributed by atoms with Crippen LogP contribution in [0.1, 0.15) is 32.1 Å². The molecule has 1 atom stereocenters. The number of halogens is 1. The van der Waals surface area contributed by atoms with Gasteiger partial charge in [-0.15, -0.1) is 0 Å². The zero-order chi connectivity index (χ0) is 17.1. The Morgan fingerprint density at radius 2 is 1.92 bits per heavy atom. The van der Waals surface area contributed by atoms with Crippen LogP contribution in [-0.4, -0.2) is 49.2 Å². The molecule has 0 amide bonds. The summed E-state index contributed by atoms with van der Waals surface area (Å²) in [7, 11) is 1.44. The molecule has 1 aromatic carbocycles. The number of hydrogen-bond acceptors (Lipinski definition) is 5. The number of nitro groups is 1. The number of anilines is 1. The molecule has 1 aromatic rings. The number of nitrogens with zero attached hydrogens (tertiary/aromatic N) is 3. The van der Waals surface area contributed by atoms with Crippen LogP contribution >= 0.6 is 0 Å². The Morgan fingerprint density at radius 3 is 2.58 bits per heavy atom. The quantitative estimate of drug-likeness (QED) is 0.624. The van der Waals surface area contributed by atoms with Gasteiger partial charge >= 0.3 is 5.69 Å². The van der Waals surface area contributed by atoms with E-state index in [2.05, 4.69) is 4.90 Å². The van der Waals surface area contributed by atoms with Crippen molar-refractivity contribution >= 4 is 11.4 Å². The van der Waals surface area contributed by atoms with Crippen LogP contribution < -0.4 is 9.64 Å². The third-order valence-corrected chi connectivity index (χ3v) is 5.13. The van der Waals surface area contributed by atoms with Crippen LogP contribution in [0.2, 0.25) is 0 Å². The van der Waals surface area contributed by atoms with Crippen LogP contribution in [0.4, 0.5) is 15.8 Å². The van der Waals surface area contributed by atoms with Crippen molar-refractivity contribution in [2.24, 2.45) is 0 Å². The zero-order valence-electron chi connectivity index (χ0n) is 14.0. The number of hydrogen-bond donors (Lipinski definition) is 0. The second kappa shape index (κ2) is 7.34. The molecule has 6 nitrogen and oxygen atoms in total. The lowest BCUT2D eigenvalue weighted by Gasteiger charge is -2.27. The fourth-order valence-corrected chi connectivity index (χ4v) is 3.89. The molecular weight excluding hydrogens is 313 g/mol. The third-order valence-electron chi connectivity index (χ3n) is 5.13. The zero-order valence-corrected chi connectivity index (χ0v) is 14.0. The van der Waals surface area contributed by atoms with Gasteiger partial charge < -0.3 is 14.5 Å². The van der Waals surface area contributed by atoms with E-state index in [9.17, 15) is 14.5 Å². The molecule has 3 rings (SSSR count). The van der Waals surface area contributed by atoms with Gasteiger partial charge in [0.25, 0.3) is 0 Å². The van der Waals surface area contributed by atoms with Crippen LogP contribution in [0, 0.1) is 15.9 Å². The molecule has 7 heteroatoms. The minimum absolute atomic E-state index is 0.313. The summed E-state index contributed by atoms with van der Waals surface area (Å²) in [6, 6.07) is 3.19. The van der Waals surface area contributed by atoms with Crippen molar-refractivity contribution in [3.05, 3.63) is 28.1 Å². The van der Waals surface area contributed by atoms with E-state index in [1.165, 1.54) is 20.0 Å². The number of rotatable bonds is 4. The van der Waals surface area contributed by atoms with E-state index in [-0.39, 0.29) is 0 Å². The first-order valence-electron chi connectivity index (χ1n) is 8.61. The van der Waals surface area contributed by atoms with Crippen LogP contribution in [0.3, 0.4) is 0 Å². The van der Waals surface area contributed by atoms with E-state index < -0.39 is 16.4 Å². The van der Waals surface area contributed by atoms with Gasteiger partial charge in [0.15, 0.2) is 0 Å². The van der Waals surface area contributed by atoms with Gasteiger partial charge in [0.2, 0.25) is 5.82 Å². The summed E-state index contributed by atoms with van der Waals surface area (Å²) in [5.41, 5.74) is -0.116. The highest BCUT2D eigenvalue weighted by Crippen LogP contribution is 2.36. The van der Waals surface area contributed by atoms with Gasteiger partial charge in [-0.25, -0.2) is 0 Å². The molecule has 2 saturated heterocycles. The second-order valence-electron chi connectivity index (χ2n) is 6.55. The minimum Gasteiger partial charge on any atom is -0.497 e. The Kier molecular flexibility index (Phi) is 5.18. The summed E-state index contributed by atoms with van der Waals surface area (Å²) in [5, 5.41) is 11.3. The highest BCUT2D eigenvalue weighted by Gasteiger charge is 2.30. The number of likely N-dealkylation sites (tertiary alicyclic amines) is 1. The molecule has 2 aliphatic heterocycles. The standard InChI is InChI=1S/C17H24FN3O3/c1-24-14-11-15(18)17(21(22)23)16(12-14)20-9-4-5-13(6-10-20)19-7-2-3-8-19/h11-13H,2-10H2,1H3. The second-order valence-corrected chi connectivity index (χ2v) is 6.55. The first kappa shape index (κ1) is 17.0. The van der Waals surface area contributed by atoms with E-state index in [0.29, 0.717) is 30.6 Å². The smallest absolute Gasteiger partial charge is 0.328 e. The van der Waals surface area contributed by atoms with Crippen molar-refractivity contribution in [1.29, 1.82) is 0 Å². The monoisotopic (exact) mass is 337 g/mol. The Morgan fingerprint density at radius 1 is 1.17 bits per heavy atom. The summed E-state index contributed by atoms with van der Waals surface area (Å²) in [6.07, 6.45) is 5.52. The van der Waals surface area contributed by atoms with Crippen LogP contribution in [0.5, 0.6) is 5.75 Å². The average Bonchev–Trinajstić information content (AvgIpc) is 2.98. The molecule has 2 fully saturated rings. The van der Waals surface area contributed by atoms with Gasteiger partial charge in [0.05, 0.1) is 12.0 Å². The number of methoxy groups -OCH3 is 1. The Bertz CT molecular complexity index is 605. The Hall–Kier alpha value is -1.89. The molecule has 0 aliphatic carbocycles. The third kappa shape index (κ3) is 3.45. The fourth-order valence-electron chi connectivity index (χ4n) is 3.89. The lowest BCUT2D eigenvalue weighted by atomic mass is 10.1. The first-order chi connectivity index (χ1) is 11.6. The van der Waals surface area contributed by atoms with Crippen molar-refractivity contribution in [3.8, 4) is 5.75 Å². The van der Waals surface area contributed by atoms with Crippen molar-refractivity contribution in [1.82, 2.24) is 4.90 Å². The van der Waals surface area contributed by atoms with Crippen molar-refractivity contribution < 1.29 is 14.1 Å². The molecule has 0 bridgehead atoms. The SMILES string of the molecule is COc1cc(F)c([N+](=O)[O-])c(N2CCCC(N3CCCC3)CC2)c1. The van der Waals surface area contributed by atoms with Gasteiger partial charge in [0.1, 0.15) is 11.4 Å². The molecule has 0 radical (unpaired) electrons. The maximum atomic E-state index is 14.2. The van der Waals surface area contributed by atoms with E-state index >= 15 is 0 Å². The molecule has 24 heavy (non-hydrogen) atoms. The molecule has 0 N–H and O–H groups in total. The van der Waals surface area contributed by atoms with Gasteiger partial charge in [-0.05, 0) is 45.2 Å². The van der Waals surface area contributed by atoms with Crippen molar-refractivity contribution in [2.75, 3.05) is 38.2 Å². The molecule has 0 spiro atoms. The summed E-state index contributed by atoms with van der Waals surface area (Å²) in [4.78, 5) is 15.2. The van der Waals surface area contributed by atoms with Crippen LogP contribution in [-0.2, 0) is 0 Å². The number of nitro benzene ring substituents is 1. The maximum Gasteiger partial charge on any atom is 0.328 e.